The van der Waals surface area contributed by atoms with Crippen molar-refractivity contribution < 1.29 is 19.2 Å². The highest BCUT2D eigenvalue weighted by Crippen LogP contribution is 2.22. The quantitative estimate of drug-likeness (QED) is 0.459. The number of piperazine rings is 1. The number of thiol groups is 1. The van der Waals surface area contributed by atoms with Crippen molar-refractivity contribution in [3.8, 4) is 0 Å². The molecule has 2 fully saturated rings. The average Bonchev–Trinajstić information content (AvgIpc) is 3.04. The van der Waals surface area contributed by atoms with Gasteiger partial charge in [-0.3, -0.25) is 19.8 Å². The second-order valence-electron chi connectivity index (χ2n) is 7.14. The molecule has 1 aromatic carbocycles. The number of benzene rings is 1. The van der Waals surface area contributed by atoms with E-state index in [9.17, 15) is 19.7 Å². The summed E-state index contributed by atoms with van der Waals surface area (Å²) in [6, 6.07) is 5.75. The van der Waals surface area contributed by atoms with Gasteiger partial charge >= 0.3 is 6.09 Å². The number of likely N-dealkylation sites (tertiary alicyclic amines) is 1. The molecular formula is C18H24N4O5S. The Balaban J connectivity index is 1.44. The Morgan fingerprint density at radius 2 is 1.79 bits per heavy atom. The van der Waals surface area contributed by atoms with Crippen molar-refractivity contribution >= 4 is 30.3 Å². The van der Waals surface area contributed by atoms with Gasteiger partial charge in [-0.15, -0.1) is 0 Å². The number of hydrogen-bond acceptors (Lipinski definition) is 7. The van der Waals surface area contributed by atoms with E-state index in [2.05, 4.69) is 12.6 Å². The molecule has 9 nitrogen and oxygen atoms in total. The van der Waals surface area contributed by atoms with Crippen LogP contribution in [0.3, 0.4) is 0 Å². The highest BCUT2D eigenvalue weighted by Gasteiger charge is 2.36. The van der Waals surface area contributed by atoms with E-state index in [1.807, 2.05) is 11.9 Å². The standard InChI is InChI=1S/C18H24N4O5S/c1-19-11-15(28)10-16(19)17(23)20-6-8-21(9-7-20)18(24)27-12-13-2-4-14(5-3-13)22(25)26/h2-5,15-16,28H,6-12H2,1H3/t15-,16-/m0/s1. The first kappa shape index (κ1) is 20.4. The van der Waals surface area contributed by atoms with Crippen molar-refractivity contribution in [1.82, 2.24) is 14.7 Å². The number of ether oxygens (including phenoxy) is 1. The summed E-state index contributed by atoms with van der Waals surface area (Å²) in [7, 11) is 1.94. The van der Waals surface area contributed by atoms with Crippen LogP contribution in [0, 0.1) is 10.1 Å². The van der Waals surface area contributed by atoms with Crippen molar-refractivity contribution in [3.05, 3.63) is 39.9 Å². The lowest BCUT2D eigenvalue weighted by Gasteiger charge is -2.36. The minimum atomic E-state index is -0.476. The fourth-order valence-electron chi connectivity index (χ4n) is 3.53. The van der Waals surface area contributed by atoms with Gasteiger partial charge in [-0.05, 0) is 31.2 Å². The van der Waals surface area contributed by atoms with E-state index in [-0.39, 0.29) is 29.5 Å². The molecule has 2 amide bonds. The van der Waals surface area contributed by atoms with E-state index in [1.165, 1.54) is 12.1 Å². The fraction of sp³-hybridized carbons (Fsp3) is 0.556. The van der Waals surface area contributed by atoms with Gasteiger partial charge in [0.15, 0.2) is 0 Å². The molecule has 2 atom stereocenters. The zero-order chi connectivity index (χ0) is 20.3. The molecule has 0 saturated carbocycles. The summed E-state index contributed by atoms with van der Waals surface area (Å²) >= 11 is 4.46. The number of hydrogen-bond donors (Lipinski definition) is 1. The Morgan fingerprint density at radius 3 is 2.32 bits per heavy atom. The molecule has 28 heavy (non-hydrogen) atoms. The highest BCUT2D eigenvalue weighted by molar-refractivity contribution is 7.81. The smallest absolute Gasteiger partial charge is 0.410 e. The largest absolute Gasteiger partial charge is 0.445 e. The number of carbonyl (C=O) groups is 2. The molecule has 0 bridgehead atoms. The highest BCUT2D eigenvalue weighted by atomic mass is 32.1. The van der Waals surface area contributed by atoms with Crippen molar-refractivity contribution in [3.63, 3.8) is 0 Å². The van der Waals surface area contributed by atoms with E-state index < -0.39 is 11.0 Å². The van der Waals surface area contributed by atoms with Gasteiger partial charge in [-0.1, -0.05) is 0 Å². The SMILES string of the molecule is CN1C[C@@H](S)C[C@H]1C(=O)N1CCN(C(=O)OCc2ccc([N+](=O)[O-])cc2)CC1. The van der Waals surface area contributed by atoms with Crippen LogP contribution in [0.15, 0.2) is 24.3 Å². The molecule has 1 aromatic rings. The summed E-state index contributed by atoms with van der Waals surface area (Å²) in [4.78, 5) is 40.5. The number of non-ortho nitro benzene ring substituents is 1. The summed E-state index contributed by atoms with van der Waals surface area (Å²) in [5.74, 6) is 0.0953. The molecular weight excluding hydrogens is 384 g/mol. The van der Waals surface area contributed by atoms with E-state index in [0.29, 0.717) is 31.7 Å². The molecule has 3 rings (SSSR count). The first-order valence-electron chi connectivity index (χ1n) is 9.17. The second-order valence-corrected chi connectivity index (χ2v) is 7.87. The third kappa shape index (κ3) is 4.74. The Morgan fingerprint density at radius 1 is 1.18 bits per heavy atom. The number of nitro groups is 1. The molecule has 0 radical (unpaired) electrons. The summed E-state index contributed by atoms with van der Waals surface area (Å²) in [6.45, 7) is 2.65. The molecule has 10 heteroatoms. The van der Waals surface area contributed by atoms with Gasteiger partial charge in [0.2, 0.25) is 5.91 Å². The number of likely N-dealkylation sites (N-methyl/N-ethyl adjacent to an activating group) is 1. The van der Waals surface area contributed by atoms with E-state index in [0.717, 1.165) is 13.0 Å². The number of rotatable bonds is 4. The fourth-order valence-corrected chi connectivity index (χ4v) is 3.99. The number of nitro benzene ring substituents is 1. The van der Waals surface area contributed by atoms with Crippen LogP contribution in [-0.2, 0) is 16.1 Å². The molecule has 2 heterocycles. The topological polar surface area (TPSA) is 96.2 Å². The van der Waals surface area contributed by atoms with Crippen LogP contribution < -0.4 is 0 Å². The third-order valence-electron chi connectivity index (χ3n) is 5.17. The third-order valence-corrected chi connectivity index (χ3v) is 5.54. The van der Waals surface area contributed by atoms with Crippen LogP contribution in [0.25, 0.3) is 0 Å². The van der Waals surface area contributed by atoms with Crippen LogP contribution >= 0.6 is 12.6 Å². The average molecular weight is 408 g/mol. The zero-order valence-electron chi connectivity index (χ0n) is 15.7. The predicted molar refractivity (Wildman–Crippen MR) is 105 cm³/mol. The van der Waals surface area contributed by atoms with Crippen LogP contribution in [0.2, 0.25) is 0 Å². The minimum absolute atomic E-state index is 0.00647. The van der Waals surface area contributed by atoms with Crippen molar-refractivity contribution in [2.75, 3.05) is 39.8 Å². The molecule has 2 saturated heterocycles. The molecule has 2 aliphatic rings. The second kappa shape index (κ2) is 8.78. The van der Waals surface area contributed by atoms with Gasteiger partial charge < -0.3 is 14.5 Å². The number of nitrogens with zero attached hydrogens (tertiary/aromatic N) is 4. The molecule has 0 spiro atoms. The molecule has 0 aromatic heterocycles. The lowest BCUT2D eigenvalue weighted by atomic mass is 10.1. The van der Waals surface area contributed by atoms with Gasteiger partial charge in [0, 0.05) is 50.1 Å². The number of amides is 2. The lowest BCUT2D eigenvalue weighted by molar-refractivity contribution is -0.384. The van der Waals surface area contributed by atoms with Gasteiger partial charge in [-0.25, -0.2) is 4.79 Å². The van der Waals surface area contributed by atoms with E-state index in [4.69, 9.17) is 4.74 Å². The molecule has 0 N–H and O–H groups in total. The van der Waals surface area contributed by atoms with Gasteiger partial charge in [0.1, 0.15) is 6.61 Å². The van der Waals surface area contributed by atoms with Crippen LogP contribution in [0.1, 0.15) is 12.0 Å². The van der Waals surface area contributed by atoms with Crippen molar-refractivity contribution in [2.24, 2.45) is 0 Å². The summed E-state index contributed by atoms with van der Waals surface area (Å²) in [6.07, 6.45) is 0.300. The summed E-state index contributed by atoms with van der Waals surface area (Å²) < 4.78 is 5.29. The Bertz CT molecular complexity index is 736. The molecule has 0 aliphatic carbocycles. The summed E-state index contributed by atoms with van der Waals surface area (Å²) in [5.41, 5.74) is 0.673. The summed E-state index contributed by atoms with van der Waals surface area (Å²) in [5, 5.41) is 10.9. The van der Waals surface area contributed by atoms with Crippen LogP contribution in [-0.4, -0.2) is 82.7 Å². The first-order valence-corrected chi connectivity index (χ1v) is 9.69. The zero-order valence-corrected chi connectivity index (χ0v) is 16.6. The molecule has 0 unspecified atom stereocenters. The van der Waals surface area contributed by atoms with Crippen LogP contribution in [0.5, 0.6) is 0 Å². The lowest BCUT2D eigenvalue weighted by Crippen LogP contribution is -2.54. The Labute approximate surface area is 168 Å². The van der Waals surface area contributed by atoms with Crippen molar-refractivity contribution in [2.45, 2.75) is 24.3 Å². The monoisotopic (exact) mass is 408 g/mol. The van der Waals surface area contributed by atoms with Gasteiger partial charge in [-0.2, -0.15) is 12.6 Å². The van der Waals surface area contributed by atoms with Gasteiger partial charge in [0.05, 0.1) is 11.0 Å². The normalized spacial score (nSPS) is 22.9. The maximum atomic E-state index is 12.7. The van der Waals surface area contributed by atoms with Crippen LogP contribution in [0.4, 0.5) is 10.5 Å². The van der Waals surface area contributed by atoms with E-state index in [1.54, 1.807) is 21.9 Å². The predicted octanol–water partition coefficient (Wildman–Crippen LogP) is 1.38. The Hall–Kier alpha value is -2.33. The van der Waals surface area contributed by atoms with E-state index >= 15 is 0 Å². The minimum Gasteiger partial charge on any atom is -0.445 e. The maximum Gasteiger partial charge on any atom is 0.410 e. The maximum absolute atomic E-state index is 12.7. The molecule has 2 aliphatic heterocycles. The molecule has 152 valence electrons. The Kier molecular flexibility index (Phi) is 6.40. The van der Waals surface area contributed by atoms with Crippen molar-refractivity contribution in [1.29, 1.82) is 0 Å². The number of carbonyl (C=O) groups excluding carboxylic acids is 2. The first-order chi connectivity index (χ1) is 13.3. The van der Waals surface area contributed by atoms with Gasteiger partial charge in [0.25, 0.3) is 5.69 Å².